The minimum atomic E-state index is -0.319. The third kappa shape index (κ3) is 2.34. The molecule has 20 heavy (non-hydrogen) atoms. The Morgan fingerprint density at radius 1 is 1.40 bits per heavy atom. The monoisotopic (exact) mass is 288 g/mol. The van der Waals surface area contributed by atoms with E-state index in [1.807, 2.05) is 0 Å². The molecule has 0 amide bonds. The Morgan fingerprint density at radius 2 is 2.20 bits per heavy atom. The van der Waals surface area contributed by atoms with Gasteiger partial charge < -0.3 is 10.0 Å². The summed E-state index contributed by atoms with van der Waals surface area (Å²) in [4.78, 5) is 8.08. The van der Waals surface area contributed by atoms with Gasteiger partial charge in [-0.05, 0) is 44.7 Å². The summed E-state index contributed by atoms with van der Waals surface area (Å²) in [5, 5.41) is 11.1. The molecule has 0 fully saturated rings. The summed E-state index contributed by atoms with van der Waals surface area (Å²) < 4.78 is 0. The van der Waals surface area contributed by atoms with Crippen LogP contribution in [0.5, 0.6) is 0 Å². The van der Waals surface area contributed by atoms with Crippen LogP contribution < -0.4 is 4.90 Å². The number of nitrogens with zero attached hydrogens (tertiary/aromatic N) is 2. The molecule has 0 aliphatic heterocycles. The van der Waals surface area contributed by atoms with E-state index in [2.05, 4.69) is 43.0 Å². The molecule has 3 rings (SSSR count). The second kappa shape index (κ2) is 5.54. The first-order valence-corrected chi connectivity index (χ1v) is 8.03. The van der Waals surface area contributed by atoms with Crippen LogP contribution >= 0.6 is 11.3 Å². The molecule has 0 saturated heterocycles. The summed E-state index contributed by atoms with van der Waals surface area (Å²) in [5.41, 5.74) is 3.55. The second-order valence-corrected chi connectivity index (χ2v) is 6.26. The van der Waals surface area contributed by atoms with Crippen LogP contribution in [0, 0.1) is 6.92 Å². The Hall–Kier alpha value is -1.39. The molecular formula is C16H20N2OS. The van der Waals surface area contributed by atoms with Gasteiger partial charge in [0, 0.05) is 12.2 Å². The summed E-state index contributed by atoms with van der Waals surface area (Å²) in [6, 6.07) is 8.38. The van der Waals surface area contributed by atoms with E-state index in [9.17, 15) is 5.11 Å². The van der Waals surface area contributed by atoms with Gasteiger partial charge in [0.25, 0.3) is 0 Å². The van der Waals surface area contributed by atoms with Crippen LogP contribution in [0.4, 0.5) is 10.8 Å². The predicted octanol–water partition coefficient (Wildman–Crippen LogP) is 3.98. The number of rotatable bonds is 3. The summed E-state index contributed by atoms with van der Waals surface area (Å²) in [7, 11) is 0. The highest BCUT2D eigenvalue weighted by Gasteiger charge is 2.25. The maximum absolute atomic E-state index is 10.1. The average Bonchev–Trinajstić information content (AvgIpc) is 2.87. The summed E-state index contributed by atoms with van der Waals surface area (Å²) in [6.07, 6.45) is 2.58. The highest BCUT2D eigenvalue weighted by molar-refractivity contribution is 7.15. The number of aliphatic hydroxyl groups is 1. The Bertz CT molecular complexity index is 608. The van der Waals surface area contributed by atoms with Gasteiger partial charge in [0.05, 0.1) is 16.7 Å². The van der Waals surface area contributed by atoms with Crippen LogP contribution in [0.25, 0.3) is 0 Å². The average molecular weight is 288 g/mol. The van der Waals surface area contributed by atoms with E-state index in [-0.39, 0.29) is 6.10 Å². The first-order valence-electron chi connectivity index (χ1n) is 7.21. The maximum Gasteiger partial charge on any atom is 0.190 e. The molecule has 1 aromatic heterocycles. The molecule has 1 aromatic carbocycles. The first kappa shape index (κ1) is 13.6. The maximum atomic E-state index is 10.1. The fraction of sp³-hybridized carbons (Fsp3) is 0.438. The Morgan fingerprint density at radius 3 is 2.90 bits per heavy atom. The van der Waals surface area contributed by atoms with Crippen LogP contribution in [-0.2, 0) is 6.42 Å². The molecule has 1 unspecified atom stereocenters. The number of para-hydroxylation sites is 1. The number of aliphatic hydroxyl groups excluding tert-OH is 1. The Labute approximate surface area is 123 Å². The van der Waals surface area contributed by atoms with Crippen molar-refractivity contribution in [1.29, 1.82) is 0 Å². The van der Waals surface area contributed by atoms with Crippen molar-refractivity contribution in [3.63, 3.8) is 0 Å². The van der Waals surface area contributed by atoms with Gasteiger partial charge in [0.2, 0.25) is 0 Å². The highest BCUT2D eigenvalue weighted by Crippen LogP contribution is 2.39. The lowest BCUT2D eigenvalue weighted by molar-refractivity contribution is 0.160. The molecule has 1 atom stereocenters. The lowest BCUT2D eigenvalue weighted by Gasteiger charge is -2.21. The van der Waals surface area contributed by atoms with Gasteiger partial charge in [-0.25, -0.2) is 4.98 Å². The molecule has 2 aromatic rings. The van der Waals surface area contributed by atoms with Gasteiger partial charge in [0.15, 0.2) is 5.13 Å². The minimum absolute atomic E-state index is 0.319. The van der Waals surface area contributed by atoms with Crippen LogP contribution in [0.2, 0.25) is 0 Å². The SMILES string of the molecule is CCN(c1nc2c(s1)C(O)CCC2)c1ccccc1C. The fourth-order valence-electron chi connectivity index (χ4n) is 2.77. The third-order valence-electron chi connectivity index (χ3n) is 3.86. The van der Waals surface area contributed by atoms with E-state index >= 15 is 0 Å². The normalized spacial score (nSPS) is 17.9. The van der Waals surface area contributed by atoms with E-state index in [0.717, 1.165) is 41.5 Å². The van der Waals surface area contributed by atoms with Gasteiger partial charge in [0.1, 0.15) is 0 Å². The number of benzene rings is 1. The van der Waals surface area contributed by atoms with Gasteiger partial charge in [-0.2, -0.15) is 0 Å². The van der Waals surface area contributed by atoms with Crippen molar-refractivity contribution in [2.24, 2.45) is 0 Å². The van der Waals surface area contributed by atoms with Gasteiger partial charge in [-0.3, -0.25) is 0 Å². The number of anilines is 2. The minimum Gasteiger partial charge on any atom is -0.388 e. The standard InChI is InChI=1S/C16H20N2OS/c1-3-18(13-9-5-4-7-11(13)2)16-17-12-8-6-10-14(19)15(12)20-16/h4-5,7,9,14,19H,3,6,8,10H2,1-2H3. The van der Waals surface area contributed by atoms with E-state index in [1.54, 1.807) is 11.3 Å². The molecule has 0 bridgehead atoms. The van der Waals surface area contributed by atoms with Crippen molar-refractivity contribution < 1.29 is 5.11 Å². The number of hydrogen-bond acceptors (Lipinski definition) is 4. The Balaban J connectivity index is 2.00. The lowest BCUT2D eigenvalue weighted by Crippen LogP contribution is -2.16. The number of aryl methyl sites for hydroxylation is 2. The Kier molecular flexibility index (Phi) is 3.76. The topological polar surface area (TPSA) is 36.4 Å². The van der Waals surface area contributed by atoms with Crippen molar-refractivity contribution >= 4 is 22.2 Å². The molecule has 0 spiro atoms. The van der Waals surface area contributed by atoms with Crippen LogP contribution in [0.3, 0.4) is 0 Å². The molecule has 4 heteroatoms. The number of hydrogen-bond donors (Lipinski definition) is 1. The van der Waals surface area contributed by atoms with Crippen LogP contribution in [-0.4, -0.2) is 16.6 Å². The number of fused-ring (bicyclic) bond motifs is 1. The first-order chi connectivity index (χ1) is 9.70. The van der Waals surface area contributed by atoms with E-state index < -0.39 is 0 Å². The van der Waals surface area contributed by atoms with E-state index in [4.69, 9.17) is 4.98 Å². The van der Waals surface area contributed by atoms with Crippen molar-refractivity contribution in [3.05, 3.63) is 40.4 Å². The van der Waals surface area contributed by atoms with Gasteiger partial charge >= 0.3 is 0 Å². The molecule has 3 nitrogen and oxygen atoms in total. The second-order valence-electron chi connectivity index (χ2n) is 5.25. The van der Waals surface area contributed by atoms with Crippen LogP contribution in [0.15, 0.2) is 24.3 Å². The third-order valence-corrected chi connectivity index (χ3v) is 5.09. The predicted molar refractivity (Wildman–Crippen MR) is 83.9 cm³/mol. The molecule has 1 aliphatic rings. The summed E-state index contributed by atoms with van der Waals surface area (Å²) in [6.45, 7) is 5.15. The number of aromatic nitrogens is 1. The lowest BCUT2D eigenvalue weighted by atomic mass is 10.0. The largest absolute Gasteiger partial charge is 0.388 e. The summed E-state index contributed by atoms with van der Waals surface area (Å²) >= 11 is 1.64. The number of thiazole rings is 1. The van der Waals surface area contributed by atoms with Gasteiger partial charge in [-0.1, -0.05) is 29.5 Å². The molecule has 106 valence electrons. The molecular weight excluding hydrogens is 268 g/mol. The van der Waals surface area contributed by atoms with Crippen LogP contribution in [0.1, 0.15) is 42.0 Å². The zero-order valence-corrected chi connectivity index (χ0v) is 12.8. The molecule has 1 aliphatic carbocycles. The van der Waals surface area contributed by atoms with Crippen molar-refractivity contribution in [2.45, 2.75) is 39.2 Å². The quantitative estimate of drug-likeness (QED) is 0.928. The summed E-state index contributed by atoms with van der Waals surface area (Å²) in [5.74, 6) is 0. The van der Waals surface area contributed by atoms with Crippen molar-refractivity contribution in [2.75, 3.05) is 11.4 Å². The zero-order chi connectivity index (χ0) is 14.1. The smallest absolute Gasteiger partial charge is 0.190 e. The van der Waals surface area contributed by atoms with Gasteiger partial charge in [-0.15, -0.1) is 0 Å². The molecule has 0 saturated carbocycles. The van der Waals surface area contributed by atoms with Crippen molar-refractivity contribution in [1.82, 2.24) is 4.98 Å². The zero-order valence-electron chi connectivity index (χ0n) is 12.0. The van der Waals surface area contributed by atoms with Crippen molar-refractivity contribution in [3.8, 4) is 0 Å². The molecule has 1 N–H and O–H groups in total. The fourth-order valence-corrected chi connectivity index (χ4v) is 3.98. The van der Waals surface area contributed by atoms with E-state index in [0.29, 0.717) is 0 Å². The highest BCUT2D eigenvalue weighted by atomic mass is 32.1. The molecule has 1 heterocycles. The van der Waals surface area contributed by atoms with E-state index in [1.165, 1.54) is 11.3 Å². The molecule has 0 radical (unpaired) electrons.